The topological polar surface area (TPSA) is 144 Å². The van der Waals surface area contributed by atoms with E-state index in [0.717, 1.165) is 0 Å². The third-order valence-corrected chi connectivity index (χ3v) is 4.91. The number of nitrogens with one attached hydrogen (secondary N) is 3. The zero-order valence-corrected chi connectivity index (χ0v) is 17.5. The molecule has 0 aliphatic heterocycles. The van der Waals surface area contributed by atoms with Crippen LogP contribution >= 0.6 is 0 Å². The highest BCUT2D eigenvalue weighted by Crippen LogP contribution is 2.12. The van der Waals surface area contributed by atoms with Gasteiger partial charge < -0.3 is 14.5 Å². The molecule has 0 radical (unpaired) electrons. The summed E-state index contributed by atoms with van der Waals surface area (Å²) in [4.78, 5) is 35.2. The van der Waals surface area contributed by atoms with E-state index < -0.39 is 40.1 Å². The molecule has 0 saturated carbocycles. The van der Waals surface area contributed by atoms with Crippen molar-refractivity contribution < 1.29 is 32.0 Å². The second kappa shape index (κ2) is 9.55. The van der Waals surface area contributed by atoms with Gasteiger partial charge in [-0.1, -0.05) is 0 Å². The summed E-state index contributed by atoms with van der Waals surface area (Å²) in [6.45, 7) is 4.55. The van der Waals surface area contributed by atoms with E-state index in [2.05, 4.69) is 10.0 Å². The first-order chi connectivity index (χ1) is 14.0. The standard InChI is InChI=1S/C19H23N3O7S/c1-19(2,3)22-18(25)21-16(23)12-29-17(24)13-6-8-15(9-7-13)30(26,27)20-11-14-5-4-10-28-14/h4-10,20H,11-12H2,1-3H3,(H2,21,22,23,25). The normalized spacial score (nSPS) is 11.6. The van der Waals surface area contributed by atoms with Crippen LogP contribution in [0.1, 0.15) is 36.9 Å². The number of esters is 1. The van der Waals surface area contributed by atoms with Crippen molar-refractivity contribution >= 4 is 27.9 Å². The number of hydrogen-bond donors (Lipinski definition) is 3. The highest BCUT2D eigenvalue weighted by molar-refractivity contribution is 7.89. The Kier molecular flexibility index (Phi) is 7.35. The fourth-order valence-corrected chi connectivity index (χ4v) is 3.18. The Hall–Kier alpha value is -3.18. The predicted molar refractivity (Wildman–Crippen MR) is 106 cm³/mol. The number of rotatable bonds is 7. The smallest absolute Gasteiger partial charge is 0.338 e. The summed E-state index contributed by atoms with van der Waals surface area (Å²) in [6, 6.07) is 7.55. The van der Waals surface area contributed by atoms with E-state index in [1.54, 1.807) is 32.9 Å². The molecule has 11 heteroatoms. The fraction of sp³-hybridized carbons (Fsp3) is 0.316. The lowest BCUT2D eigenvalue weighted by molar-refractivity contribution is -0.123. The van der Waals surface area contributed by atoms with Crippen molar-refractivity contribution in [3.63, 3.8) is 0 Å². The van der Waals surface area contributed by atoms with Crippen LogP contribution in [0.3, 0.4) is 0 Å². The van der Waals surface area contributed by atoms with Gasteiger partial charge in [0.25, 0.3) is 5.91 Å². The Morgan fingerprint density at radius 2 is 1.73 bits per heavy atom. The number of amides is 3. The van der Waals surface area contributed by atoms with Crippen LogP contribution in [0.2, 0.25) is 0 Å². The molecule has 10 nitrogen and oxygen atoms in total. The maximum atomic E-state index is 12.3. The molecule has 3 N–H and O–H groups in total. The molecule has 0 atom stereocenters. The molecule has 0 saturated heterocycles. The molecule has 2 aromatic rings. The average molecular weight is 437 g/mol. The quantitative estimate of drug-likeness (QED) is 0.557. The summed E-state index contributed by atoms with van der Waals surface area (Å²) < 4.78 is 36.8. The highest BCUT2D eigenvalue weighted by Gasteiger charge is 2.18. The van der Waals surface area contributed by atoms with Gasteiger partial charge in [0.05, 0.1) is 23.3 Å². The van der Waals surface area contributed by atoms with Crippen molar-refractivity contribution in [1.29, 1.82) is 0 Å². The molecule has 30 heavy (non-hydrogen) atoms. The van der Waals surface area contributed by atoms with Crippen LogP contribution < -0.4 is 15.4 Å². The van der Waals surface area contributed by atoms with Gasteiger partial charge in [0.15, 0.2) is 6.61 Å². The van der Waals surface area contributed by atoms with Crippen LogP contribution in [-0.2, 0) is 26.1 Å². The molecular formula is C19H23N3O7S. The van der Waals surface area contributed by atoms with Crippen LogP contribution in [0, 0.1) is 0 Å². The average Bonchev–Trinajstić information content (AvgIpc) is 3.17. The second-order valence-corrected chi connectivity index (χ2v) is 9.02. The predicted octanol–water partition coefficient (Wildman–Crippen LogP) is 1.54. The summed E-state index contributed by atoms with van der Waals surface area (Å²) >= 11 is 0. The maximum Gasteiger partial charge on any atom is 0.338 e. The van der Waals surface area contributed by atoms with Gasteiger partial charge in [-0.3, -0.25) is 10.1 Å². The van der Waals surface area contributed by atoms with E-state index >= 15 is 0 Å². The Morgan fingerprint density at radius 3 is 2.30 bits per heavy atom. The zero-order valence-electron chi connectivity index (χ0n) is 16.7. The Labute approximate surface area is 174 Å². The number of ether oxygens (including phenoxy) is 1. The first-order valence-electron chi connectivity index (χ1n) is 8.87. The van der Waals surface area contributed by atoms with E-state index in [-0.39, 0.29) is 17.0 Å². The first kappa shape index (κ1) is 23.1. The van der Waals surface area contributed by atoms with Crippen LogP contribution in [0.15, 0.2) is 52.0 Å². The van der Waals surface area contributed by atoms with E-state index in [1.165, 1.54) is 30.5 Å². The van der Waals surface area contributed by atoms with Crippen LogP contribution in [0.25, 0.3) is 0 Å². The fourth-order valence-electron chi connectivity index (χ4n) is 2.18. The molecule has 0 spiro atoms. The molecule has 162 valence electrons. The Morgan fingerprint density at radius 1 is 1.07 bits per heavy atom. The molecule has 1 heterocycles. The number of hydrogen-bond acceptors (Lipinski definition) is 7. The molecule has 2 rings (SSSR count). The van der Waals surface area contributed by atoms with E-state index in [0.29, 0.717) is 5.76 Å². The van der Waals surface area contributed by atoms with Gasteiger partial charge in [0.2, 0.25) is 10.0 Å². The van der Waals surface area contributed by atoms with Gasteiger partial charge in [-0.05, 0) is 57.2 Å². The molecule has 0 unspecified atom stereocenters. The third-order valence-electron chi connectivity index (χ3n) is 3.49. The number of sulfonamides is 1. The molecule has 0 bridgehead atoms. The molecule has 1 aromatic heterocycles. The number of carbonyl (C=O) groups is 3. The lowest BCUT2D eigenvalue weighted by atomic mass is 10.1. The summed E-state index contributed by atoms with van der Waals surface area (Å²) in [5, 5.41) is 4.57. The zero-order chi connectivity index (χ0) is 22.4. The molecule has 3 amide bonds. The van der Waals surface area contributed by atoms with Crippen LogP contribution in [-0.4, -0.2) is 38.5 Å². The number of carbonyl (C=O) groups excluding carboxylic acids is 3. The van der Waals surface area contributed by atoms with Crippen LogP contribution in [0.4, 0.5) is 4.79 Å². The van der Waals surface area contributed by atoms with E-state index in [1.807, 2.05) is 5.32 Å². The Balaban J connectivity index is 1.87. The summed E-state index contributed by atoms with van der Waals surface area (Å²) in [6.07, 6.45) is 1.43. The summed E-state index contributed by atoms with van der Waals surface area (Å²) in [5.41, 5.74) is -0.484. The van der Waals surface area contributed by atoms with Gasteiger partial charge in [-0.15, -0.1) is 0 Å². The molecule has 1 aromatic carbocycles. The van der Waals surface area contributed by atoms with Crippen molar-refractivity contribution in [3.8, 4) is 0 Å². The van der Waals surface area contributed by atoms with Gasteiger partial charge in [-0.25, -0.2) is 22.7 Å². The summed E-state index contributed by atoms with van der Waals surface area (Å²) in [5.74, 6) is -1.19. The second-order valence-electron chi connectivity index (χ2n) is 7.26. The largest absolute Gasteiger partial charge is 0.468 e. The van der Waals surface area contributed by atoms with Crippen molar-refractivity contribution in [2.45, 2.75) is 37.8 Å². The third kappa shape index (κ3) is 7.33. The Bertz CT molecular complexity index is 992. The number of benzene rings is 1. The van der Waals surface area contributed by atoms with Crippen molar-refractivity contribution in [2.75, 3.05) is 6.61 Å². The minimum atomic E-state index is -3.80. The molecular weight excluding hydrogens is 414 g/mol. The number of imide groups is 1. The van der Waals surface area contributed by atoms with Gasteiger partial charge in [-0.2, -0.15) is 0 Å². The lowest BCUT2D eigenvalue weighted by Gasteiger charge is -2.20. The first-order valence-corrected chi connectivity index (χ1v) is 10.4. The van der Waals surface area contributed by atoms with Gasteiger partial charge in [0.1, 0.15) is 5.76 Å². The van der Waals surface area contributed by atoms with E-state index in [9.17, 15) is 22.8 Å². The highest BCUT2D eigenvalue weighted by atomic mass is 32.2. The lowest BCUT2D eigenvalue weighted by Crippen LogP contribution is -2.49. The number of urea groups is 1. The van der Waals surface area contributed by atoms with Gasteiger partial charge in [0, 0.05) is 5.54 Å². The van der Waals surface area contributed by atoms with E-state index in [4.69, 9.17) is 9.15 Å². The van der Waals surface area contributed by atoms with Crippen molar-refractivity contribution in [1.82, 2.24) is 15.4 Å². The van der Waals surface area contributed by atoms with Crippen LogP contribution in [0.5, 0.6) is 0 Å². The monoisotopic (exact) mass is 437 g/mol. The van der Waals surface area contributed by atoms with Crippen molar-refractivity contribution in [3.05, 3.63) is 54.0 Å². The summed E-state index contributed by atoms with van der Waals surface area (Å²) in [7, 11) is -3.80. The number of furan rings is 1. The minimum absolute atomic E-state index is 0.0168. The maximum absolute atomic E-state index is 12.3. The molecule has 0 aliphatic rings. The molecule has 0 aliphatic carbocycles. The van der Waals surface area contributed by atoms with Crippen molar-refractivity contribution in [2.24, 2.45) is 0 Å². The molecule has 0 fully saturated rings. The van der Waals surface area contributed by atoms with Gasteiger partial charge >= 0.3 is 12.0 Å². The minimum Gasteiger partial charge on any atom is -0.468 e. The SMILES string of the molecule is CC(C)(C)NC(=O)NC(=O)COC(=O)c1ccc(S(=O)(=O)NCc2ccco2)cc1.